The quantitative estimate of drug-likeness (QED) is 0.497. The lowest BCUT2D eigenvalue weighted by Gasteiger charge is -2.11. The number of rotatable bonds is 4. The van der Waals surface area contributed by atoms with Gasteiger partial charge in [0.05, 0.1) is 18.2 Å². The van der Waals surface area contributed by atoms with E-state index in [4.69, 9.17) is 39.5 Å². The number of ether oxygens (including phenoxy) is 1. The number of methoxy groups -OCH3 is 1. The average Bonchev–Trinajstić information content (AvgIpc) is 2.59. The van der Waals surface area contributed by atoms with Crippen LogP contribution in [0.5, 0.6) is 0 Å². The first-order valence-electron chi connectivity index (χ1n) is 7.21. The van der Waals surface area contributed by atoms with E-state index in [1.54, 1.807) is 30.3 Å². The lowest BCUT2D eigenvalue weighted by molar-refractivity contribution is 0.0601. The summed E-state index contributed by atoms with van der Waals surface area (Å²) >= 11 is 18.1. The Kier molecular flexibility index (Phi) is 5.27. The summed E-state index contributed by atoms with van der Waals surface area (Å²) in [6.07, 6.45) is 0. The molecule has 0 aliphatic heterocycles. The van der Waals surface area contributed by atoms with Gasteiger partial charge in [0, 0.05) is 22.0 Å². The third-order valence-corrected chi connectivity index (χ3v) is 4.31. The summed E-state index contributed by atoms with van der Waals surface area (Å²) in [5, 5.41) is 5.03. The molecule has 3 rings (SSSR count). The van der Waals surface area contributed by atoms with Gasteiger partial charge in [-0.1, -0.05) is 29.3 Å². The minimum atomic E-state index is -0.441. The third kappa shape index (κ3) is 3.95. The zero-order chi connectivity index (χ0) is 18.0. The number of halogens is 3. The Bertz CT molecular complexity index is 963. The van der Waals surface area contributed by atoms with Crippen LogP contribution >= 0.6 is 34.8 Å². The van der Waals surface area contributed by atoms with Crippen molar-refractivity contribution in [1.82, 2.24) is 9.97 Å². The van der Waals surface area contributed by atoms with Crippen molar-refractivity contribution in [1.29, 1.82) is 0 Å². The summed E-state index contributed by atoms with van der Waals surface area (Å²) in [4.78, 5) is 20.1. The van der Waals surface area contributed by atoms with E-state index >= 15 is 0 Å². The summed E-state index contributed by atoms with van der Waals surface area (Å²) in [6.45, 7) is 0.404. The highest BCUT2D eigenvalue weighted by Crippen LogP contribution is 2.26. The number of carbonyl (C=O) groups excluding carboxylic acids is 1. The third-order valence-electron chi connectivity index (χ3n) is 3.55. The summed E-state index contributed by atoms with van der Waals surface area (Å²) in [6, 6.07) is 10.2. The number of nitrogens with zero attached hydrogens (tertiary/aromatic N) is 2. The number of hydrogen-bond donors (Lipinski definition) is 1. The van der Waals surface area contributed by atoms with Crippen molar-refractivity contribution in [2.75, 3.05) is 12.4 Å². The first-order valence-corrected chi connectivity index (χ1v) is 8.34. The van der Waals surface area contributed by atoms with E-state index in [-0.39, 0.29) is 5.28 Å². The molecular weight excluding hydrogens is 385 g/mol. The van der Waals surface area contributed by atoms with Gasteiger partial charge in [-0.15, -0.1) is 0 Å². The Balaban J connectivity index is 1.97. The van der Waals surface area contributed by atoms with Crippen molar-refractivity contribution >= 4 is 57.5 Å². The number of nitrogens with one attached hydrogen (secondary N) is 1. The first-order chi connectivity index (χ1) is 12.0. The SMILES string of the molecule is COC(=O)c1ccc2nc(Cl)nc(NCc3ccc(Cl)cc3Cl)c2c1. The van der Waals surface area contributed by atoms with Crippen LogP contribution in [0, 0.1) is 0 Å². The van der Waals surface area contributed by atoms with E-state index in [2.05, 4.69) is 15.3 Å². The fraction of sp³-hybridized carbons (Fsp3) is 0.118. The van der Waals surface area contributed by atoms with Gasteiger partial charge in [0.1, 0.15) is 5.82 Å². The van der Waals surface area contributed by atoms with Crippen LogP contribution in [0.1, 0.15) is 15.9 Å². The summed E-state index contributed by atoms with van der Waals surface area (Å²) < 4.78 is 4.75. The average molecular weight is 397 g/mol. The van der Waals surface area contributed by atoms with E-state index in [1.165, 1.54) is 7.11 Å². The molecule has 0 spiro atoms. The summed E-state index contributed by atoms with van der Waals surface area (Å²) in [7, 11) is 1.33. The molecule has 128 valence electrons. The molecule has 0 bridgehead atoms. The molecule has 0 aliphatic carbocycles. The van der Waals surface area contributed by atoms with Gasteiger partial charge in [-0.25, -0.2) is 14.8 Å². The number of fused-ring (bicyclic) bond motifs is 1. The molecular formula is C17H12Cl3N3O2. The fourth-order valence-electron chi connectivity index (χ4n) is 2.32. The van der Waals surface area contributed by atoms with Crippen molar-refractivity contribution in [3.05, 3.63) is 62.9 Å². The van der Waals surface area contributed by atoms with Crippen LogP contribution in [-0.2, 0) is 11.3 Å². The van der Waals surface area contributed by atoms with Crippen LogP contribution in [0.2, 0.25) is 15.3 Å². The molecule has 0 radical (unpaired) electrons. The van der Waals surface area contributed by atoms with Crippen LogP contribution in [0.25, 0.3) is 10.9 Å². The lowest BCUT2D eigenvalue weighted by atomic mass is 10.1. The molecule has 0 saturated heterocycles. The van der Waals surface area contributed by atoms with Crippen molar-refractivity contribution in [3.63, 3.8) is 0 Å². The highest BCUT2D eigenvalue weighted by molar-refractivity contribution is 6.35. The highest BCUT2D eigenvalue weighted by atomic mass is 35.5. The van der Waals surface area contributed by atoms with Crippen LogP contribution in [0.3, 0.4) is 0 Å². The largest absolute Gasteiger partial charge is 0.465 e. The van der Waals surface area contributed by atoms with Gasteiger partial charge >= 0.3 is 5.97 Å². The molecule has 0 saturated carbocycles. The molecule has 5 nitrogen and oxygen atoms in total. The number of carbonyl (C=O) groups is 1. The Morgan fingerprint density at radius 1 is 1.12 bits per heavy atom. The number of benzene rings is 2. The van der Waals surface area contributed by atoms with Gasteiger partial charge in [0.2, 0.25) is 5.28 Å². The molecule has 1 aromatic heterocycles. The van der Waals surface area contributed by atoms with Crippen molar-refractivity contribution in [2.24, 2.45) is 0 Å². The number of anilines is 1. The van der Waals surface area contributed by atoms with Gasteiger partial charge in [-0.2, -0.15) is 0 Å². The van der Waals surface area contributed by atoms with Crippen molar-refractivity contribution in [2.45, 2.75) is 6.54 Å². The normalized spacial score (nSPS) is 10.7. The Morgan fingerprint density at radius 3 is 2.64 bits per heavy atom. The van der Waals surface area contributed by atoms with E-state index in [0.29, 0.717) is 38.9 Å². The zero-order valence-corrected chi connectivity index (χ0v) is 15.3. The van der Waals surface area contributed by atoms with Crippen LogP contribution < -0.4 is 5.32 Å². The Labute approximate surface area is 158 Å². The summed E-state index contributed by atoms with van der Waals surface area (Å²) in [5.41, 5.74) is 1.85. The maximum absolute atomic E-state index is 11.8. The minimum absolute atomic E-state index is 0.100. The van der Waals surface area contributed by atoms with Gasteiger partial charge in [-0.05, 0) is 47.5 Å². The second-order valence-corrected chi connectivity index (χ2v) is 6.34. The van der Waals surface area contributed by atoms with Crippen molar-refractivity contribution < 1.29 is 9.53 Å². The number of hydrogen-bond acceptors (Lipinski definition) is 5. The van der Waals surface area contributed by atoms with Crippen LogP contribution in [0.15, 0.2) is 36.4 Å². The van der Waals surface area contributed by atoms with E-state index in [9.17, 15) is 4.79 Å². The molecule has 3 aromatic rings. The van der Waals surface area contributed by atoms with E-state index < -0.39 is 5.97 Å². The monoisotopic (exact) mass is 395 g/mol. The second kappa shape index (κ2) is 7.44. The molecule has 0 amide bonds. The zero-order valence-electron chi connectivity index (χ0n) is 13.0. The fourth-order valence-corrected chi connectivity index (χ4v) is 2.97. The predicted octanol–water partition coefficient (Wildman–Crippen LogP) is 4.99. The smallest absolute Gasteiger partial charge is 0.337 e. The first kappa shape index (κ1) is 17.7. The van der Waals surface area contributed by atoms with Crippen LogP contribution in [-0.4, -0.2) is 23.0 Å². The summed E-state index contributed by atoms with van der Waals surface area (Å²) in [5.74, 6) is 0.0512. The lowest BCUT2D eigenvalue weighted by Crippen LogP contribution is -2.05. The highest BCUT2D eigenvalue weighted by Gasteiger charge is 2.12. The Hall–Kier alpha value is -2.08. The number of aromatic nitrogens is 2. The molecule has 0 atom stereocenters. The molecule has 0 unspecified atom stereocenters. The molecule has 0 aliphatic rings. The molecule has 2 aromatic carbocycles. The minimum Gasteiger partial charge on any atom is -0.465 e. The Morgan fingerprint density at radius 2 is 1.92 bits per heavy atom. The van der Waals surface area contributed by atoms with Crippen molar-refractivity contribution in [3.8, 4) is 0 Å². The van der Waals surface area contributed by atoms with Gasteiger partial charge in [0.25, 0.3) is 0 Å². The maximum atomic E-state index is 11.8. The standard InChI is InChI=1S/C17H12Cl3N3O2/c1-25-16(24)9-3-5-14-12(6-9)15(23-17(20)22-14)21-8-10-2-4-11(18)7-13(10)19/h2-7H,8H2,1H3,(H,21,22,23). The van der Waals surface area contributed by atoms with Crippen LogP contribution in [0.4, 0.5) is 5.82 Å². The maximum Gasteiger partial charge on any atom is 0.337 e. The molecule has 1 N–H and O–H groups in total. The van der Waals surface area contributed by atoms with E-state index in [1.807, 2.05) is 6.07 Å². The molecule has 0 fully saturated rings. The molecule has 25 heavy (non-hydrogen) atoms. The topological polar surface area (TPSA) is 64.1 Å². The van der Waals surface area contributed by atoms with Gasteiger partial charge in [-0.3, -0.25) is 0 Å². The predicted molar refractivity (Wildman–Crippen MR) is 99.7 cm³/mol. The van der Waals surface area contributed by atoms with Gasteiger partial charge in [0.15, 0.2) is 0 Å². The number of esters is 1. The molecule has 1 heterocycles. The molecule has 8 heteroatoms. The van der Waals surface area contributed by atoms with E-state index in [0.717, 1.165) is 5.56 Å². The van der Waals surface area contributed by atoms with Gasteiger partial charge < -0.3 is 10.1 Å². The second-order valence-electron chi connectivity index (χ2n) is 5.15.